The maximum Gasteiger partial charge on any atom is 0.322 e. The van der Waals surface area contributed by atoms with Gasteiger partial charge in [-0.15, -0.1) is 0 Å². The number of nitrogens with one attached hydrogen (secondary N) is 4. The van der Waals surface area contributed by atoms with Crippen molar-refractivity contribution < 1.29 is 33.9 Å². The van der Waals surface area contributed by atoms with Crippen LogP contribution in [0.5, 0.6) is 0 Å². The van der Waals surface area contributed by atoms with Gasteiger partial charge >= 0.3 is 5.97 Å². The molecule has 46 heavy (non-hydrogen) atoms. The van der Waals surface area contributed by atoms with Crippen molar-refractivity contribution in [2.45, 2.75) is 31.8 Å². The van der Waals surface area contributed by atoms with E-state index in [2.05, 4.69) is 33.1 Å². The number of para-hydroxylation sites is 1. The highest BCUT2D eigenvalue weighted by atomic mass is 16.4. The zero-order valence-electron chi connectivity index (χ0n) is 24.9. The molecule has 0 aliphatic carbocycles. The van der Waals surface area contributed by atoms with Gasteiger partial charge in [0.15, 0.2) is 0 Å². The highest BCUT2D eigenvalue weighted by molar-refractivity contribution is 5.97. The average molecular weight is 624 g/mol. The number of hydrogen-bond acceptors (Lipinski definition) is 6. The van der Waals surface area contributed by atoms with Crippen LogP contribution in [0.1, 0.15) is 35.1 Å². The molecule has 0 unspecified atom stereocenters. The third-order valence-corrected chi connectivity index (χ3v) is 6.98. The highest BCUT2D eigenvalue weighted by Crippen LogP contribution is 2.26. The molecule has 3 aromatic rings. The van der Waals surface area contributed by atoms with Crippen molar-refractivity contribution in [1.82, 2.24) is 21.3 Å². The van der Waals surface area contributed by atoms with Gasteiger partial charge in [-0.3, -0.25) is 28.8 Å². The summed E-state index contributed by atoms with van der Waals surface area (Å²) in [6, 6.07) is 22.6. The van der Waals surface area contributed by atoms with Gasteiger partial charge in [0.25, 0.3) is 0 Å². The first-order valence-electron chi connectivity index (χ1n) is 14.5. The molecular weight excluding hydrogens is 590 g/mol. The van der Waals surface area contributed by atoms with Gasteiger partial charge in [-0.05, 0) is 29.3 Å². The summed E-state index contributed by atoms with van der Waals surface area (Å²) in [5.41, 5.74) is 3.79. The van der Waals surface area contributed by atoms with Gasteiger partial charge in [0.05, 0.1) is 25.3 Å². The lowest BCUT2D eigenvalue weighted by Crippen LogP contribution is -2.51. The van der Waals surface area contributed by atoms with E-state index in [1.54, 1.807) is 35.2 Å². The molecule has 1 heterocycles. The number of rotatable bonds is 13. The second-order valence-electron chi connectivity index (χ2n) is 10.4. The standard InChI is InChI=1S/C34H33N5O7/c40-29(16-17-32(43)39-22-26-12-5-4-10-24(26)14-15-25-11-6-7-13-28(25)39)35-19-30(41)36-20-31(42)38-27(34(46)37-21-33(44)45)18-23-8-2-1-3-9-23/h1-13,27H,16-22H2,(H,35,40)(H,36,41)(H,37,46)(H,38,42)(H,44,45)/t27-/m0/s1. The molecule has 0 aromatic heterocycles. The Balaban J connectivity index is 1.24. The average Bonchev–Trinajstić information content (AvgIpc) is 3.05. The molecule has 0 saturated heterocycles. The SMILES string of the molecule is O=C(O)CNC(=O)[C@H](Cc1ccccc1)NC(=O)CNC(=O)CNC(=O)CCC(=O)N1Cc2ccccc2C#Cc2ccccc21. The second-order valence-corrected chi connectivity index (χ2v) is 10.4. The number of fused-ring (bicyclic) bond motifs is 2. The largest absolute Gasteiger partial charge is 0.480 e. The maximum absolute atomic E-state index is 13.3. The Morgan fingerprint density at radius 3 is 2.09 bits per heavy atom. The fourth-order valence-corrected chi connectivity index (χ4v) is 4.66. The zero-order valence-corrected chi connectivity index (χ0v) is 24.9. The molecule has 5 N–H and O–H groups in total. The number of benzene rings is 3. The third-order valence-electron chi connectivity index (χ3n) is 6.98. The summed E-state index contributed by atoms with van der Waals surface area (Å²) in [5.74, 6) is 2.21. The molecule has 236 valence electrons. The number of nitrogens with zero attached hydrogens (tertiary/aromatic N) is 1. The number of carboxylic acids is 1. The van der Waals surface area contributed by atoms with Crippen LogP contribution >= 0.6 is 0 Å². The number of carbonyl (C=O) groups is 6. The molecule has 0 saturated carbocycles. The van der Waals surface area contributed by atoms with Crippen LogP contribution in [-0.2, 0) is 41.7 Å². The van der Waals surface area contributed by atoms with Crippen LogP contribution in [0, 0.1) is 11.8 Å². The number of carbonyl (C=O) groups excluding carboxylic acids is 5. The first-order chi connectivity index (χ1) is 22.2. The fourth-order valence-electron chi connectivity index (χ4n) is 4.66. The van der Waals surface area contributed by atoms with Crippen molar-refractivity contribution in [1.29, 1.82) is 0 Å². The van der Waals surface area contributed by atoms with Gasteiger partial charge in [0.1, 0.15) is 12.6 Å². The van der Waals surface area contributed by atoms with Crippen LogP contribution in [0.4, 0.5) is 5.69 Å². The lowest BCUT2D eigenvalue weighted by molar-refractivity contribution is -0.138. The van der Waals surface area contributed by atoms with Crippen LogP contribution in [0.15, 0.2) is 78.9 Å². The van der Waals surface area contributed by atoms with E-state index in [4.69, 9.17) is 5.11 Å². The van der Waals surface area contributed by atoms with E-state index >= 15 is 0 Å². The van der Waals surface area contributed by atoms with Gasteiger partial charge in [0, 0.05) is 30.4 Å². The zero-order chi connectivity index (χ0) is 32.9. The van der Waals surface area contributed by atoms with Gasteiger partial charge in [-0.1, -0.05) is 72.5 Å². The highest BCUT2D eigenvalue weighted by Gasteiger charge is 2.23. The minimum absolute atomic E-state index is 0.101. The molecule has 12 nitrogen and oxygen atoms in total. The predicted octanol–water partition coefficient (Wildman–Crippen LogP) is 0.874. The fraction of sp³-hybridized carbons (Fsp3) is 0.235. The van der Waals surface area contributed by atoms with E-state index in [1.165, 1.54) is 0 Å². The van der Waals surface area contributed by atoms with Crippen LogP contribution < -0.4 is 26.2 Å². The summed E-state index contributed by atoms with van der Waals surface area (Å²) in [5, 5.41) is 18.4. The molecule has 0 radical (unpaired) electrons. The van der Waals surface area contributed by atoms with E-state index in [9.17, 15) is 28.8 Å². The molecule has 0 spiro atoms. The smallest absolute Gasteiger partial charge is 0.322 e. The Hall–Kier alpha value is -5.96. The Morgan fingerprint density at radius 1 is 0.696 bits per heavy atom. The molecule has 0 bridgehead atoms. The van der Waals surface area contributed by atoms with Crippen molar-refractivity contribution in [2.24, 2.45) is 0 Å². The third kappa shape index (κ3) is 9.78. The molecule has 5 amide bonds. The maximum atomic E-state index is 13.3. The van der Waals surface area contributed by atoms with E-state index in [1.807, 2.05) is 48.5 Å². The van der Waals surface area contributed by atoms with Gasteiger partial charge < -0.3 is 31.3 Å². The Kier molecular flexibility index (Phi) is 11.6. The minimum Gasteiger partial charge on any atom is -0.480 e. The molecule has 1 aliphatic heterocycles. The molecule has 4 rings (SSSR count). The summed E-state index contributed by atoms with van der Waals surface area (Å²) >= 11 is 0. The molecular formula is C34H33N5O7. The summed E-state index contributed by atoms with van der Waals surface area (Å²) < 4.78 is 0. The van der Waals surface area contributed by atoms with Crippen LogP contribution in [0.3, 0.4) is 0 Å². The summed E-state index contributed by atoms with van der Waals surface area (Å²) in [7, 11) is 0. The Bertz CT molecular complexity index is 1680. The number of anilines is 1. The first kappa shape index (κ1) is 32.9. The number of carboxylic acid groups (broad SMARTS) is 1. The summed E-state index contributed by atoms with van der Waals surface area (Å²) in [6.07, 6.45) is -0.165. The van der Waals surface area contributed by atoms with E-state index < -0.39 is 55.3 Å². The minimum atomic E-state index is -1.24. The lowest BCUT2D eigenvalue weighted by Gasteiger charge is -2.26. The molecule has 3 aromatic carbocycles. The number of aliphatic carboxylic acids is 1. The lowest BCUT2D eigenvalue weighted by atomic mass is 10.0. The van der Waals surface area contributed by atoms with Crippen molar-refractivity contribution >= 4 is 41.2 Å². The van der Waals surface area contributed by atoms with E-state index in [0.29, 0.717) is 17.8 Å². The van der Waals surface area contributed by atoms with Crippen LogP contribution in [0.2, 0.25) is 0 Å². The topological polar surface area (TPSA) is 174 Å². The quantitative estimate of drug-likeness (QED) is 0.176. The summed E-state index contributed by atoms with van der Waals surface area (Å²) in [4.78, 5) is 75.6. The van der Waals surface area contributed by atoms with E-state index in [-0.39, 0.29) is 25.2 Å². The van der Waals surface area contributed by atoms with E-state index in [0.717, 1.165) is 16.7 Å². The van der Waals surface area contributed by atoms with Crippen molar-refractivity contribution in [3.63, 3.8) is 0 Å². The molecule has 1 aliphatic rings. The molecule has 0 fully saturated rings. The van der Waals surface area contributed by atoms with Gasteiger partial charge in [-0.25, -0.2) is 0 Å². The van der Waals surface area contributed by atoms with Gasteiger partial charge in [-0.2, -0.15) is 0 Å². The number of amides is 5. The summed E-state index contributed by atoms with van der Waals surface area (Å²) in [6.45, 7) is -1.23. The first-order valence-corrected chi connectivity index (χ1v) is 14.5. The van der Waals surface area contributed by atoms with Crippen LogP contribution in [0.25, 0.3) is 0 Å². The van der Waals surface area contributed by atoms with Gasteiger partial charge in [0.2, 0.25) is 29.5 Å². The molecule has 12 heteroatoms. The van der Waals surface area contributed by atoms with Crippen molar-refractivity contribution in [3.8, 4) is 11.8 Å². The number of hydrogen-bond donors (Lipinski definition) is 5. The molecule has 1 atom stereocenters. The monoisotopic (exact) mass is 623 g/mol. The van der Waals surface area contributed by atoms with Crippen LogP contribution in [-0.4, -0.2) is 66.3 Å². The Morgan fingerprint density at radius 2 is 1.33 bits per heavy atom. The predicted molar refractivity (Wildman–Crippen MR) is 168 cm³/mol. The Labute approximate surface area is 265 Å². The van der Waals surface area contributed by atoms with Crippen molar-refractivity contribution in [2.75, 3.05) is 24.5 Å². The normalized spacial score (nSPS) is 12.0. The van der Waals surface area contributed by atoms with Crippen molar-refractivity contribution in [3.05, 3.63) is 101 Å². The second kappa shape index (κ2) is 16.2.